The van der Waals surface area contributed by atoms with Gasteiger partial charge in [0.15, 0.2) is 0 Å². The zero-order valence-corrected chi connectivity index (χ0v) is 10.5. The second kappa shape index (κ2) is 6.21. The summed E-state index contributed by atoms with van der Waals surface area (Å²) in [6.45, 7) is 4.14. The number of hydrogen-bond donors (Lipinski definition) is 2. The highest BCUT2D eigenvalue weighted by Crippen LogP contribution is 2.30. The van der Waals surface area contributed by atoms with Crippen LogP contribution in [0.5, 0.6) is 5.75 Å². The highest BCUT2D eigenvalue weighted by molar-refractivity contribution is 6.30. The lowest BCUT2D eigenvalue weighted by Crippen LogP contribution is -2.18. The predicted molar refractivity (Wildman–Crippen MR) is 66.7 cm³/mol. The zero-order chi connectivity index (χ0) is 10.7. The fourth-order valence-electron chi connectivity index (χ4n) is 1.35. The zero-order valence-electron chi connectivity index (χ0n) is 8.90. The fraction of sp³-hybridized carbons (Fsp3) is 0.455. The third-order valence-corrected chi connectivity index (χ3v) is 2.84. The lowest BCUT2D eigenvalue weighted by Gasteiger charge is -2.19. The van der Waals surface area contributed by atoms with E-state index in [2.05, 4.69) is 13.8 Å². The molecule has 0 heterocycles. The first-order chi connectivity index (χ1) is 6.56. The highest BCUT2D eigenvalue weighted by Gasteiger charge is 2.16. The lowest BCUT2D eigenvalue weighted by atomic mass is 9.93. The molecule has 1 unspecified atom stereocenters. The second-order valence-corrected chi connectivity index (χ2v) is 4.05. The third kappa shape index (κ3) is 3.56. The van der Waals surface area contributed by atoms with Gasteiger partial charge in [-0.3, -0.25) is 0 Å². The predicted octanol–water partition coefficient (Wildman–Crippen LogP) is 3.51. The number of halogens is 2. The molecule has 0 aromatic heterocycles. The van der Waals surface area contributed by atoms with Crippen LogP contribution >= 0.6 is 24.0 Å². The van der Waals surface area contributed by atoms with Gasteiger partial charge in [0.05, 0.1) is 0 Å². The summed E-state index contributed by atoms with van der Waals surface area (Å²) in [7, 11) is 0. The van der Waals surface area contributed by atoms with Gasteiger partial charge < -0.3 is 10.8 Å². The fourth-order valence-corrected chi connectivity index (χ4v) is 1.53. The van der Waals surface area contributed by atoms with E-state index in [1.165, 1.54) is 0 Å². The molecule has 0 amide bonds. The van der Waals surface area contributed by atoms with Gasteiger partial charge >= 0.3 is 0 Å². The number of rotatable bonds is 3. The van der Waals surface area contributed by atoms with Crippen LogP contribution in [0.4, 0.5) is 0 Å². The molecule has 0 radical (unpaired) electrons. The van der Waals surface area contributed by atoms with Crippen LogP contribution in [-0.2, 0) is 0 Å². The summed E-state index contributed by atoms with van der Waals surface area (Å²) >= 11 is 5.84. The van der Waals surface area contributed by atoms with Crippen molar-refractivity contribution in [1.29, 1.82) is 0 Å². The smallest absolute Gasteiger partial charge is 0.120 e. The normalized spacial score (nSPS) is 14.1. The Bertz CT molecular complexity index is 317. The minimum absolute atomic E-state index is 0. The van der Waals surface area contributed by atoms with Crippen LogP contribution in [0.2, 0.25) is 5.02 Å². The van der Waals surface area contributed by atoms with Crippen molar-refractivity contribution in [2.45, 2.75) is 26.3 Å². The van der Waals surface area contributed by atoms with Crippen molar-refractivity contribution in [1.82, 2.24) is 0 Å². The Kier molecular flexibility index (Phi) is 6.03. The average Bonchev–Trinajstić information content (AvgIpc) is 2.19. The summed E-state index contributed by atoms with van der Waals surface area (Å²) in [4.78, 5) is 0. The van der Waals surface area contributed by atoms with E-state index in [0.717, 1.165) is 12.0 Å². The van der Waals surface area contributed by atoms with Gasteiger partial charge in [-0.25, -0.2) is 0 Å². The molecular weight excluding hydrogens is 233 g/mol. The van der Waals surface area contributed by atoms with Crippen LogP contribution in [0, 0.1) is 5.92 Å². The molecule has 1 aromatic rings. The lowest BCUT2D eigenvalue weighted by molar-refractivity contribution is 0.419. The summed E-state index contributed by atoms with van der Waals surface area (Å²) in [6, 6.07) is 4.82. The number of phenols is 1. The van der Waals surface area contributed by atoms with Gasteiger partial charge in [-0.1, -0.05) is 31.9 Å². The number of aromatic hydroxyl groups is 1. The molecule has 0 aliphatic carbocycles. The summed E-state index contributed by atoms with van der Waals surface area (Å²) in [5, 5.41) is 10.2. The van der Waals surface area contributed by atoms with E-state index in [1.807, 2.05) is 0 Å². The Hall–Kier alpha value is -0.440. The van der Waals surface area contributed by atoms with Crippen LogP contribution in [0.15, 0.2) is 18.2 Å². The maximum atomic E-state index is 9.61. The summed E-state index contributed by atoms with van der Waals surface area (Å²) in [5.74, 6) is 0.557. The largest absolute Gasteiger partial charge is 0.508 e. The van der Waals surface area contributed by atoms with E-state index in [9.17, 15) is 5.11 Å². The van der Waals surface area contributed by atoms with Gasteiger partial charge in [0.2, 0.25) is 0 Å². The molecule has 2 atom stereocenters. The standard InChI is InChI=1S/C11H16ClNO.ClH/c1-3-7(2)11(13)9-6-8(12)4-5-10(9)14;/h4-7,11,14H,3,13H2,1-2H3;1H/t7?,11-;/m1./s1. The van der Waals surface area contributed by atoms with Crippen molar-refractivity contribution in [3.05, 3.63) is 28.8 Å². The van der Waals surface area contributed by atoms with Crippen LogP contribution in [0.25, 0.3) is 0 Å². The first-order valence-electron chi connectivity index (χ1n) is 4.80. The Balaban J connectivity index is 0.00000196. The quantitative estimate of drug-likeness (QED) is 0.862. The van der Waals surface area contributed by atoms with E-state index in [4.69, 9.17) is 17.3 Å². The maximum absolute atomic E-state index is 9.61. The van der Waals surface area contributed by atoms with Crippen LogP contribution in [0.3, 0.4) is 0 Å². The Morgan fingerprint density at radius 1 is 1.47 bits per heavy atom. The second-order valence-electron chi connectivity index (χ2n) is 3.61. The van der Waals surface area contributed by atoms with Crippen molar-refractivity contribution in [2.75, 3.05) is 0 Å². The van der Waals surface area contributed by atoms with E-state index in [0.29, 0.717) is 10.9 Å². The average molecular weight is 250 g/mol. The van der Waals surface area contributed by atoms with Crippen LogP contribution in [0.1, 0.15) is 31.9 Å². The molecule has 4 heteroatoms. The summed E-state index contributed by atoms with van der Waals surface area (Å²) in [5.41, 5.74) is 6.73. The molecule has 2 nitrogen and oxygen atoms in total. The first kappa shape index (κ1) is 14.6. The molecule has 1 aromatic carbocycles. The minimum Gasteiger partial charge on any atom is -0.508 e. The summed E-state index contributed by atoms with van der Waals surface area (Å²) in [6.07, 6.45) is 0.979. The number of benzene rings is 1. The van der Waals surface area contributed by atoms with E-state index in [1.54, 1.807) is 18.2 Å². The Morgan fingerprint density at radius 2 is 2.07 bits per heavy atom. The molecule has 15 heavy (non-hydrogen) atoms. The van der Waals surface area contributed by atoms with Crippen molar-refractivity contribution in [2.24, 2.45) is 11.7 Å². The molecule has 0 aliphatic rings. The number of hydrogen-bond acceptors (Lipinski definition) is 2. The topological polar surface area (TPSA) is 46.2 Å². The minimum atomic E-state index is -0.154. The van der Waals surface area contributed by atoms with Crippen molar-refractivity contribution in [3.63, 3.8) is 0 Å². The van der Waals surface area contributed by atoms with Gasteiger partial charge in [-0.15, -0.1) is 12.4 Å². The number of nitrogens with two attached hydrogens (primary N) is 1. The van der Waals surface area contributed by atoms with Gasteiger partial charge in [0.1, 0.15) is 5.75 Å². The van der Waals surface area contributed by atoms with Gasteiger partial charge in [-0.05, 0) is 24.1 Å². The monoisotopic (exact) mass is 249 g/mol. The van der Waals surface area contributed by atoms with Crippen molar-refractivity contribution < 1.29 is 5.11 Å². The molecule has 0 aliphatic heterocycles. The van der Waals surface area contributed by atoms with Gasteiger partial charge in [0, 0.05) is 16.6 Å². The third-order valence-electron chi connectivity index (χ3n) is 2.61. The van der Waals surface area contributed by atoms with Crippen molar-refractivity contribution >= 4 is 24.0 Å². The maximum Gasteiger partial charge on any atom is 0.120 e. The molecule has 3 N–H and O–H groups in total. The van der Waals surface area contributed by atoms with E-state index >= 15 is 0 Å². The first-order valence-corrected chi connectivity index (χ1v) is 5.18. The Morgan fingerprint density at radius 3 is 2.60 bits per heavy atom. The number of phenolic OH excluding ortho intramolecular Hbond substituents is 1. The molecule has 86 valence electrons. The molecule has 0 bridgehead atoms. The van der Waals surface area contributed by atoms with Crippen molar-refractivity contribution in [3.8, 4) is 5.75 Å². The van der Waals surface area contributed by atoms with E-state index < -0.39 is 0 Å². The highest BCUT2D eigenvalue weighted by atomic mass is 35.5. The molecule has 1 rings (SSSR count). The van der Waals surface area contributed by atoms with E-state index in [-0.39, 0.29) is 24.2 Å². The van der Waals surface area contributed by atoms with Gasteiger partial charge in [-0.2, -0.15) is 0 Å². The molecule has 0 fully saturated rings. The molecular formula is C11H17Cl2NO. The van der Waals surface area contributed by atoms with Crippen LogP contribution in [-0.4, -0.2) is 5.11 Å². The van der Waals surface area contributed by atoms with Crippen LogP contribution < -0.4 is 5.73 Å². The SMILES string of the molecule is CCC(C)[C@@H](N)c1cc(Cl)ccc1O.Cl. The summed E-state index contributed by atoms with van der Waals surface area (Å²) < 4.78 is 0. The molecule has 0 saturated carbocycles. The van der Waals surface area contributed by atoms with Gasteiger partial charge in [0.25, 0.3) is 0 Å². The molecule has 0 spiro atoms. The molecule has 0 saturated heterocycles. The Labute approximate surface area is 102 Å².